The molecule has 3 atom stereocenters. The molecule has 0 radical (unpaired) electrons. The van der Waals surface area contributed by atoms with Crippen LogP contribution in [0.1, 0.15) is 12.8 Å². The molecule has 2 heterocycles. The molecule has 2 bridgehead atoms. The fourth-order valence-corrected chi connectivity index (χ4v) is 3.53. The topological polar surface area (TPSA) is 52.6 Å². The molecule has 2 fully saturated rings. The number of benzene rings is 1. The normalized spacial score (nSPS) is 33.1. The monoisotopic (exact) mass is 324 g/mol. The molecular formula is C14H17BrN2O2. The van der Waals surface area contributed by atoms with E-state index in [1.54, 1.807) is 0 Å². The third kappa shape index (κ3) is 2.25. The first kappa shape index (κ1) is 12.9. The molecular weight excluding hydrogens is 308 g/mol. The fraction of sp³-hybridized carbons (Fsp3) is 0.500. The van der Waals surface area contributed by atoms with Gasteiger partial charge in [-0.05, 0) is 43.7 Å². The average Bonchev–Trinajstić information content (AvgIpc) is 2.80. The molecule has 19 heavy (non-hydrogen) atoms. The van der Waals surface area contributed by atoms with Crippen LogP contribution in [0.3, 0.4) is 0 Å². The smallest absolute Gasteiger partial charge is 0.329 e. The van der Waals surface area contributed by atoms with E-state index in [0.29, 0.717) is 6.42 Å². The van der Waals surface area contributed by atoms with E-state index < -0.39 is 11.5 Å². The van der Waals surface area contributed by atoms with Crippen LogP contribution in [0.4, 0.5) is 5.69 Å². The predicted molar refractivity (Wildman–Crippen MR) is 77.3 cm³/mol. The molecule has 0 aliphatic carbocycles. The lowest BCUT2D eigenvalue weighted by atomic mass is 9.78. The molecule has 0 spiro atoms. The maximum atomic E-state index is 11.8. The number of rotatable bonds is 3. The van der Waals surface area contributed by atoms with Crippen molar-refractivity contribution < 1.29 is 9.90 Å². The highest BCUT2D eigenvalue weighted by atomic mass is 79.9. The number of carbonyl (C=O) groups is 1. The Labute approximate surface area is 120 Å². The number of aliphatic carboxylic acids is 1. The summed E-state index contributed by atoms with van der Waals surface area (Å²) in [6.07, 6.45) is 1.64. The van der Waals surface area contributed by atoms with Crippen molar-refractivity contribution in [3.63, 3.8) is 0 Å². The minimum Gasteiger partial charge on any atom is -0.479 e. The Bertz CT molecular complexity index is 491. The third-order valence-electron chi connectivity index (χ3n) is 4.38. The van der Waals surface area contributed by atoms with Crippen LogP contribution in [0.25, 0.3) is 0 Å². The van der Waals surface area contributed by atoms with Gasteiger partial charge in [-0.3, -0.25) is 0 Å². The number of hydrogen-bond donors (Lipinski definition) is 2. The Kier molecular flexibility index (Phi) is 3.27. The van der Waals surface area contributed by atoms with Crippen molar-refractivity contribution in [2.75, 3.05) is 25.0 Å². The molecule has 1 aromatic carbocycles. The summed E-state index contributed by atoms with van der Waals surface area (Å²) in [5, 5.41) is 13.0. The van der Waals surface area contributed by atoms with Gasteiger partial charge in [-0.1, -0.05) is 15.9 Å². The molecule has 0 saturated carbocycles. The second kappa shape index (κ2) is 4.80. The molecule has 2 aliphatic heterocycles. The maximum absolute atomic E-state index is 11.8. The maximum Gasteiger partial charge on any atom is 0.329 e. The number of carboxylic acid groups (broad SMARTS) is 1. The lowest BCUT2D eigenvalue weighted by molar-refractivity contribution is -0.145. The number of nitrogens with zero attached hydrogens (tertiary/aromatic N) is 1. The highest BCUT2D eigenvalue weighted by molar-refractivity contribution is 9.10. The first-order chi connectivity index (χ1) is 9.10. The van der Waals surface area contributed by atoms with Gasteiger partial charge in [-0.2, -0.15) is 0 Å². The molecule has 1 aromatic rings. The Hall–Kier alpha value is -1.07. The van der Waals surface area contributed by atoms with Crippen LogP contribution >= 0.6 is 15.9 Å². The van der Waals surface area contributed by atoms with Crippen molar-refractivity contribution in [1.29, 1.82) is 0 Å². The first-order valence-corrected chi connectivity index (χ1v) is 7.39. The highest BCUT2D eigenvalue weighted by Gasteiger charge is 2.51. The van der Waals surface area contributed by atoms with Crippen molar-refractivity contribution in [1.82, 2.24) is 4.90 Å². The number of anilines is 1. The van der Waals surface area contributed by atoms with Gasteiger partial charge >= 0.3 is 5.97 Å². The van der Waals surface area contributed by atoms with E-state index in [9.17, 15) is 9.90 Å². The minimum absolute atomic E-state index is 0.197. The summed E-state index contributed by atoms with van der Waals surface area (Å²) in [5.74, 6) is -0.524. The number of carboxylic acids is 1. The highest BCUT2D eigenvalue weighted by Crippen LogP contribution is 2.38. The van der Waals surface area contributed by atoms with Crippen molar-refractivity contribution in [3.8, 4) is 0 Å². The van der Waals surface area contributed by atoms with Crippen molar-refractivity contribution in [2.24, 2.45) is 5.92 Å². The molecule has 0 amide bonds. The SMILES string of the molecule is O=C(O)C1(Nc2ccc(Br)cc2)CCN2CCC1C2. The van der Waals surface area contributed by atoms with Crippen LogP contribution in [0.2, 0.25) is 0 Å². The quantitative estimate of drug-likeness (QED) is 0.896. The molecule has 3 rings (SSSR count). The van der Waals surface area contributed by atoms with Gasteiger partial charge in [0.05, 0.1) is 0 Å². The van der Waals surface area contributed by atoms with E-state index in [4.69, 9.17) is 0 Å². The Balaban J connectivity index is 1.88. The standard InChI is InChI=1S/C14H17BrN2O2/c15-11-1-3-12(4-2-11)16-14(13(18)19)6-8-17-7-5-10(14)9-17/h1-4,10,16H,5-9H2,(H,18,19). The zero-order chi connectivity index (χ0) is 13.5. The van der Waals surface area contributed by atoms with Gasteiger partial charge in [0.15, 0.2) is 0 Å². The van der Waals surface area contributed by atoms with Crippen LogP contribution in [-0.4, -0.2) is 41.1 Å². The fourth-order valence-electron chi connectivity index (χ4n) is 3.27. The van der Waals surface area contributed by atoms with Crippen molar-refractivity contribution in [2.45, 2.75) is 18.4 Å². The minimum atomic E-state index is -0.805. The van der Waals surface area contributed by atoms with E-state index >= 15 is 0 Å². The summed E-state index contributed by atoms with van der Waals surface area (Å²) in [7, 11) is 0. The Morgan fingerprint density at radius 1 is 1.37 bits per heavy atom. The van der Waals surface area contributed by atoms with Crippen molar-refractivity contribution >= 4 is 27.6 Å². The van der Waals surface area contributed by atoms with Crippen LogP contribution in [0.15, 0.2) is 28.7 Å². The molecule has 102 valence electrons. The summed E-state index contributed by atoms with van der Waals surface area (Å²) in [6, 6.07) is 7.72. The second-order valence-electron chi connectivity index (χ2n) is 5.44. The molecule has 4 nitrogen and oxygen atoms in total. The van der Waals surface area contributed by atoms with Crippen molar-refractivity contribution in [3.05, 3.63) is 28.7 Å². The number of halogens is 1. The zero-order valence-corrected chi connectivity index (χ0v) is 12.2. The number of fused-ring (bicyclic) bond motifs is 2. The summed E-state index contributed by atoms with van der Waals surface area (Å²) in [5.41, 5.74) is 0.0758. The third-order valence-corrected chi connectivity index (χ3v) is 4.91. The molecule has 2 N–H and O–H groups in total. The average molecular weight is 325 g/mol. The van der Waals surface area contributed by atoms with Gasteiger partial charge in [-0.25, -0.2) is 4.79 Å². The number of hydrogen-bond acceptors (Lipinski definition) is 3. The summed E-state index contributed by atoms with van der Waals surface area (Å²) >= 11 is 3.39. The molecule has 0 aromatic heterocycles. The molecule has 2 saturated heterocycles. The van der Waals surface area contributed by atoms with Crippen LogP contribution in [-0.2, 0) is 4.79 Å². The van der Waals surface area contributed by atoms with Gasteiger partial charge in [0.2, 0.25) is 0 Å². The molecule has 3 unspecified atom stereocenters. The van der Waals surface area contributed by atoms with E-state index in [-0.39, 0.29) is 5.92 Å². The summed E-state index contributed by atoms with van der Waals surface area (Å²) < 4.78 is 0.998. The number of nitrogens with one attached hydrogen (secondary N) is 1. The predicted octanol–water partition coefficient (Wildman–Crippen LogP) is 2.41. The lowest BCUT2D eigenvalue weighted by Crippen LogP contribution is -2.57. The second-order valence-corrected chi connectivity index (χ2v) is 6.36. The zero-order valence-electron chi connectivity index (χ0n) is 10.6. The first-order valence-electron chi connectivity index (χ1n) is 6.60. The van der Waals surface area contributed by atoms with Crippen LogP contribution < -0.4 is 5.32 Å². The largest absolute Gasteiger partial charge is 0.479 e. The molecule has 2 aliphatic rings. The molecule has 5 heteroatoms. The number of piperidine rings is 1. The van der Waals surface area contributed by atoms with Crippen LogP contribution in [0.5, 0.6) is 0 Å². The summed E-state index contributed by atoms with van der Waals surface area (Å²) in [4.78, 5) is 14.2. The van der Waals surface area contributed by atoms with E-state index in [1.165, 1.54) is 0 Å². The van der Waals surface area contributed by atoms with E-state index in [1.807, 2.05) is 24.3 Å². The van der Waals surface area contributed by atoms with Gasteiger partial charge in [0.25, 0.3) is 0 Å². The van der Waals surface area contributed by atoms with Gasteiger partial charge in [0.1, 0.15) is 5.54 Å². The van der Waals surface area contributed by atoms with Gasteiger partial charge in [-0.15, -0.1) is 0 Å². The van der Waals surface area contributed by atoms with E-state index in [2.05, 4.69) is 26.1 Å². The van der Waals surface area contributed by atoms with E-state index in [0.717, 1.165) is 36.2 Å². The van der Waals surface area contributed by atoms with Crippen LogP contribution in [0, 0.1) is 5.92 Å². The summed E-state index contributed by atoms with van der Waals surface area (Å²) in [6.45, 7) is 2.80. The van der Waals surface area contributed by atoms with Gasteiger partial charge in [0, 0.05) is 29.2 Å². The Morgan fingerprint density at radius 3 is 2.79 bits per heavy atom. The van der Waals surface area contributed by atoms with Gasteiger partial charge < -0.3 is 15.3 Å². The Morgan fingerprint density at radius 2 is 2.11 bits per heavy atom. The lowest BCUT2D eigenvalue weighted by Gasteiger charge is -2.40.